The van der Waals surface area contributed by atoms with Crippen LogP contribution in [-0.4, -0.2) is 29.8 Å². The molecule has 5 nitrogen and oxygen atoms in total. The SMILES string of the molecule is O=C(CCC(=O)c1ccc2c(c1)CCCC2)NCc1ccc(N2CCCCC2)nc1. The number of aryl methyl sites for hydroxylation is 2. The number of hydrogen-bond donors (Lipinski definition) is 1. The molecule has 158 valence electrons. The highest BCUT2D eigenvalue weighted by Crippen LogP contribution is 2.23. The predicted octanol–water partition coefficient (Wildman–Crippen LogP) is 4.23. The Morgan fingerprint density at radius 1 is 0.900 bits per heavy atom. The standard InChI is InChI=1S/C25H31N3O2/c29-23(22-10-9-20-6-2-3-7-21(20)16-22)11-13-25(30)27-18-19-8-12-24(26-17-19)28-14-4-1-5-15-28/h8-10,12,16-17H,1-7,11,13-15,18H2,(H,27,30). The Hall–Kier alpha value is -2.69. The zero-order valence-corrected chi connectivity index (χ0v) is 17.7. The maximum Gasteiger partial charge on any atom is 0.220 e. The number of carbonyl (C=O) groups is 2. The summed E-state index contributed by atoms with van der Waals surface area (Å²) in [6.45, 7) is 2.59. The molecule has 2 aliphatic rings. The molecule has 0 unspecified atom stereocenters. The molecule has 1 N–H and O–H groups in total. The van der Waals surface area contributed by atoms with Crippen LogP contribution in [0.1, 0.15) is 72.0 Å². The summed E-state index contributed by atoms with van der Waals surface area (Å²) in [5, 5.41) is 2.91. The Bertz CT molecular complexity index is 886. The number of nitrogens with zero attached hydrogens (tertiary/aromatic N) is 2. The second kappa shape index (κ2) is 9.88. The van der Waals surface area contributed by atoms with Crippen molar-refractivity contribution in [1.29, 1.82) is 0 Å². The van der Waals surface area contributed by atoms with Gasteiger partial charge in [0.1, 0.15) is 5.82 Å². The molecule has 1 aliphatic heterocycles. The van der Waals surface area contributed by atoms with Gasteiger partial charge in [0.05, 0.1) is 0 Å². The van der Waals surface area contributed by atoms with Gasteiger partial charge in [-0.25, -0.2) is 4.98 Å². The summed E-state index contributed by atoms with van der Waals surface area (Å²) in [4.78, 5) is 31.6. The number of aromatic nitrogens is 1. The van der Waals surface area contributed by atoms with Crippen LogP contribution < -0.4 is 10.2 Å². The van der Waals surface area contributed by atoms with E-state index in [2.05, 4.69) is 21.3 Å². The molecule has 1 saturated heterocycles. The molecule has 2 aromatic rings. The summed E-state index contributed by atoms with van der Waals surface area (Å²) in [5.41, 5.74) is 4.39. The number of ketones is 1. The zero-order valence-electron chi connectivity index (χ0n) is 17.7. The molecule has 2 heterocycles. The number of rotatable bonds is 7. The smallest absolute Gasteiger partial charge is 0.220 e. The van der Waals surface area contributed by atoms with Gasteiger partial charge >= 0.3 is 0 Å². The quantitative estimate of drug-likeness (QED) is 0.700. The van der Waals surface area contributed by atoms with Gasteiger partial charge in [0.2, 0.25) is 5.91 Å². The Kier molecular flexibility index (Phi) is 6.77. The van der Waals surface area contributed by atoms with Crippen LogP contribution in [0, 0.1) is 0 Å². The van der Waals surface area contributed by atoms with Gasteiger partial charge in [-0.15, -0.1) is 0 Å². The zero-order chi connectivity index (χ0) is 20.8. The van der Waals surface area contributed by atoms with Gasteiger partial charge in [0, 0.05) is 44.2 Å². The molecule has 1 aromatic carbocycles. The van der Waals surface area contributed by atoms with E-state index in [1.807, 2.05) is 30.5 Å². The van der Waals surface area contributed by atoms with Crippen molar-refractivity contribution in [3.8, 4) is 0 Å². The van der Waals surface area contributed by atoms with Gasteiger partial charge in [-0.05, 0) is 73.8 Å². The van der Waals surface area contributed by atoms with Crippen LogP contribution in [0.3, 0.4) is 0 Å². The summed E-state index contributed by atoms with van der Waals surface area (Å²) >= 11 is 0. The van der Waals surface area contributed by atoms with E-state index >= 15 is 0 Å². The number of Topliss-reactive ketones (excluding diaryl/α,β-unsaturated/α-hetero) is 1. The number of benzene rings is 1. The molecule has 1 aliphatic carbocycles. The van der Waals surface area contributed by atoms with Gasteiger partial charge in [-0.2, -0.15) is 0 Å². The number of amides is 1. The third kappa shape index (κ3) is 5.26. The van der Waals surface area contributed by atoms with Crippen LogP contribution in [0.4, 0.5) is 5.82 Å². The molecule has 0 atom stereocenters. The average Bonchev–Trinajstić information content (AvgIpc) is 2.81. The van der Waals surface area contributed by atoms with E-state index in [1.54, 1.807) is 0 Å². The maximum atomic E-state index is 12.5. The molecular formula is C25H31N3O2. The Labute approximate surface area is 178 Å². The Balaban J connectivity index is 1.22. The van der Waals surface area contributed by atoms with Crippen molar-refractivity contribution in [1.82, 2.24) is 10.3 Å². The minimum Gasteiger partial charge on any atom is -0.357 e. The van der Waals surface area contributed by atoms with Crippen molar-refractivity contribution < 1.29 is 9.59 Å². The second-order valence-electron chi connectivity index (χ2n) is 8.46. The van der Waals surface area contributed by atoms with Crippen molar-refractivity contribution >= 4 is 17.5 Å². The third-order valence-electron chi connectivity index (χ3n) is 6.23. The Morgan fingerprint density at radius 2 is 1.70 bits per heavy atom. The molecule has 1 aromatic heterocycles. The minimum absolute atomic E-state index is 0.0473. The van der Waals surface area contributed by atoms with E-state index in [-0.39, 0.29) is 24.5 Å². The molecule has 1 fully saturated rings. The fraction of sp³-hybridized carbons (Fsp3) is 0.480. The van der Waals surface area contributed by atoms with Gasteiger partial charge in [-0.3, -0.25) is 9.59 Å². The van der Waals surface area contributed by atoms with E-state index < -0.39 is 0 Å². The fourth-order valence-corrected chi connectivity index (χ4v) is 4.40. The molecule has 0 saturated carbocycles. The highest BCUT2D eigenvalue weighted by atomic mass is 16.2. The van der Waals surface area contributed by atoms with Gasteiger partial charge in [-0.1, -0.05) is 18.2 Å². The van der Waals surface area contributed by atoms with Crippen LogP contribution in [0.15, 0.2) is 36.5 Å². The summed E-state index contributed by atoms with van der Waals surface area (Å²) in [5.74, 6) is 0.966. The van der Waals surface area contributed by atoms with Crippen molar-refractivity contribution in [3.05, 3.63) is 58.8 Å². The number of carbonyl (C=O) groups excluding carboxylic acids is 2. The molecule has 4 rings (SSSR count). The first-order valence-electron chi connectivity index (χ1n) is 11.3. The lowest BCUT2D eigenvalue weighted by atomic mass is 9.89. The number of pyridine rings is 1. The summed E-state index contributed by atoms with van der Waals surface area (Å²) in [6.07, 6.45) is 10.6. The van der Waals surface area contributed by atoms with Crippen LogP contribution in [0.5, 0.6) is 0 Å². The number of fused-ring (bicyclic) bond motifs is 1. The summed E-state index contributed by atoms with van der Waals surface area (Å²) < 4.78 is 0. The molecule has 0 radical (unpaired) electrons. The topological polar surface area (TPSA) is 62.3 Å². The van der Waals surface area contributed by atoms with E-state index in [1.165, 1.54) is 43.2 Å². The predicted molar refractivity (Wildman–Crippen MR) is 119 cm³/mol. The van der Waals surface area contributed by atoms with Gasteiger partial charge in [0.15, 0.2) is 5.78 Å². The van der Waals surface area contributed by atoms with E-state index in [0.717, 1.165) is 42.9 Å². The number of nitrogens with one attached hydrogen (secondary N) is 1. The van der Waals surface area contributed by atoms with Crippen LogP contribution in [0.2, 0.25) is 0 Å². The Morgan fingerprint density at radius 3 is 2.47 bits per heavy atom. The molecular weight excluding hydrogens is 374 g/mol. The first-order valence-corrected chi connectivity index (χ1v) is 11.3. The number of anilines is 1. The lowest BCUT2D eigenvalue weighted by Gasteiger charge is -2.27. The minimum atomic E-state index is -0.0959. The summed E-state index contributed by atoms with van der Waals surface area (Å²) in [7, 11) is 0. The van der Waals surface area contributed by atoms with Crippen LogP contribution in [0.25, 0.3) is 0 Å². The molecule has 1 amide bonds. The van der Waals surface area contributed by atoms with Crippen molar-refractivity contribution in [2.45, 2.75) is 64.3 Å². The molecule has 5 heteroatoms. The van der Waals surface area contributed by atoms with Crippen LogP contribution >= 0.6 is 0 Å². The number of hydrogen-bond acceptors (Lipinski definition) is 4. The van der Waals surface area contributed by atoms with E-state index in [0.29, 0.717) is 6.54 Å². The second-order valence-corrected chi connectivity index (χ2v) is 8.46. The lowest BCUT2D eigenvalue weighted by Crippen LogP contribution is -2.30. The van der Waals surface area contributed by atoms with Crippen molar-refractivity contribution in [2.75, 3.05) is 18.0 Å². The van der Waals surface area contributed by atoms with Crippen molar-refractivity contribution in [2.24, 2.45) is 0 Å². The maximum absolute atomic E-state index is 12.5. The molecule has 0 bridgehead atoms. The highest BCUT2D eigenvalue weighted by molar-refractivity contribution is 5.98. The largest absolute Gasteiger partial charge is 0.357 e. The lowest BCUT2D eigenvalue weighted by molar-refractivity contribution is -0.121. The van der Waals surface area contributed by atoms with Crippen LogP contribution in [-0.2, 0) is 24.2 Å². The van der Waals surface area contributed by atoms with E-state index in [4.69, 9.17) is 0 Å². The molecule has 0 spiro atoms. The summed E-state index contributed by atoms with van der Waals surface area (Å²) in [6, 6.07) is 10.1. The first kappa shape index (κ1) is 20.6. The normalized spacial score (nSPS) is 16.1. The first-order chi connectivity index (χ1) is 14.7. The number of piperidine rings is 1. The van der Waals surface area contributed by atoms with Gasteiger partial charge in [0.25, 0.3) is 0 Å². The average molecular weight is 406 g/mol. The third-order valence-corrected chi connectivity index (χ3v) is 6.23. The van der Waals surface area contributed by atoms with Gasteiger partial charge < -0.3 is 10.2 Å². The van der Waals surface area contributed by atoms with Crippen molar-refractivity contribution in [3.63, 3.8) is 0 Å². The van der Waals surface area contributed by atoms with E-state index in [9.17, 15) is 9.59 Å². The fourth-order valence-electron chi connectivity index (χ4n) is 4.40. The molecule has 30 heavy (non-hydrogen) atoms. The monoisotopic (exact) mass is 405 g/mol. The highest BCUT2D eigenvalue weighted by Gasteiger charge is 2.15.